The molecule has 1 aromatic rings. The Kier molecular flexibility index (Phi) is 11.5. The van der Waals surface area contributed by atoms with Crippen molar-refractivity contribution in [3.05, 3.63) is 87.5 Å². The number of rotatable bonds is 12. The van der Waals surface area contributed by atoms with Crippen molar-refractivity contribution in [3.63, 3.8) is 0 Å². The number of aryl methyl sites for hydroxylation is 2. The number of carbonyl (C=O) groups is 1. The molecular formula is C27H37N3O3S. The lowest BCUT2D eigenvalue weighted by atomic mass is 10.0. The first kappa shape index (κ1) is 28.8. The molecule has 1 amide bonds. The molecule has 0 radical (unpaired) electrons. The van der Waals surface area contributed by atoms with Crippen molar-refractivity contribution in [2.75, 3.05) is 18.1 Å². The molecule has 0 saturated carbocycles. The maximum atomic E-state index is 11.8. The zero-order chi connectivity index (χ0) is 25.9. The summed E-state index contributed by atoms with van der Waals surface area (Å²) in [5.74, 6) is -0.458. The molecule has 1 rings (SSSR count). The van der Waals surface area contributed by atoms with E-state index in [1.54, 1.807) is 25.2 Å². The van der Waals surface area contributed by atoms with Crippen molar-refractivity contribution in [1.82, 2.24) is 0 Å². The SMILES string of the molecule is C=C(/C=C\C(=C/C)S(C)(=O)=O)/C(=C/C(N=CCC(N)=O)=C(\C)CNc1ccc(C)c(C)c1)CC. The second-order valence-electron chi connectivity index (χ2n) is 8.15. The fraction of sp³-hybridized carbons (Fsp3) is 0.333. The molecular weight excluding hydrogens is 446 g/mol. The fourth-order valence-corrected chi connectivity index (χ4v) is 3.74. The highest BCUT2D eigenvalue weighted by Crippen LogP contribution is 2.21. The number of allylic oxidation sites excluding steroid dienone is 6. The molecule has 3 N–H and O–H groups in total. The van der Waals surface area contributed by atoms with Gasteiger partial charge in [-0.05, 0) is 86.2 Å². The predicted octanol–water partition coefficient (Wildman–Crippen LogP) is 5.33. The molecule has 0 saturated heterocycles. The van der Waals surface area contributed by atoms with E-state index in [-0.39, 0.29) is 11.3 Å². The first-order valence-corrected chi connectivity index (χ1v) is 13.0. The van der Waals surface area contributed by atoms with Gasteiger partial charge < -0.3 is 11.1 Å². The molecule has 0 aliphatic carbocycles. The van der Waals surface area contributed by atoms with Crippen LogP contribution in [0, 0.1) is 13.8 Å². The van der Waals surface area contributed by atoms with Crippen molar-refractivity contribution in [2.45, 2.75) is 47.5 Å². The fourth-order valence-electron chi connectivity index (χ4n) is 2.99. The van der Waals surface area contributed by atoms with Gasteiger partial charge in [0.1, 0.15) is 0 Å². The number of benzene rings is 1. The van der Waals surface area contributed by atoms with Crippen molar-refractivity contribution < 1.29 is 13.2 Å². The molecule has 34 heavy (non-hydrogen) atoms. The minimum Gasteiger partial charge on any atom is -0.381 e. The van der Waals surface area contributed by atoms with Gasteiger partial charge >= 0.3 is 0 Å². The molecule has 184 valence electrons. The van der Waals surface area contributed by atoms with Gasteiger partial charge in [-0.1, -0.05) is 31.7 Å². The van der Waals surface area contributed by atoms with E-state index in [4.69, 9.17) is 5.73 Å². The van der Waals surface area contributed by atoms with Crippen molar-refractivity contribution >= 4 is 27.6 Å². The van der Waals surface area contributed by atoms with Gasteiger partial charge in [-0.15, -0.1) is 0 Å². The van der Waals surface area contributed by atoms with Crippen molar-refractivity contribution in [2.24, 2.45) is 10.7 Å². The summed E-state index contributed by atoms with van der Waals surface area (Å²) in [6.07, 6.45) is 10.1. The predicted molar refractivity (Wildman–Crippen MR) is 145 cm³/mol. The number of nitrogens with two attached hydrogens (primary N) is 1. The van der Waals surface area contributed by atoms with Crippen LogP contribution in [-0.4, -0.2) is 33.3 Å². The monoisotopic (exact) mass is 483 g/mol. The van der Waals surface area contributed by atoms with E-state index in [9.17, 15) is 13.2 Å². The number of primary amides is 1. The lowest BCUT2D eigenvalue weighted by molar-refractivity contribution is -0.116. The number of sulfone groups is 1. The van der Waals surface area contributed by atoms with Gasteiger partial charge in [0, 0.05) is 24.7 Å². The topological polar surface area (TPSA) is 102 Å². The molecule has 0 bridgehead atoms. The van der Waals surface area contributed by atoms with E-state index < -0.39 is 15.7 Å². The van der Waals surface area contributed by atoms with Gasteiger partial charge in [0.2, 0.25) is 5.91 Å². The molecule has 0 aliphatic heterocycles. The van der Waals surface area contributed by atoms with E-state index in [1.165, 1.54) is 23.6 Å². The molecule has 6 nitrogen and oxygen atoms in total. The van der Waals surface area contributed by atoms with Crippen LogP contribution < -0.4 is 11.1 Å². The molecule has 0 atom stereocenters. The van der Waals surface area contributed by atoms with Crippen LogP contribution in [0.15, 0.2) is 81.4 Å². The maximum Gasteiger partial charge on any atom is 0.222 e. The summed E-state index contributed by atoms with van der Waals surface area (Å²) in [6.45, 7) is 14.4. The number of carbonyl (C=O) groups excluding carboxylic acids is 1. The van der Waals surface area contributed by atoms with Crippen LogP contribution in [0.5, 0.6) is 0 Å². The van der Waals surface area contributed by atoms with Crippen molar-refractivity contribution in [3.8, 4) is 0 Å². The minimum absolute atomic E-state index is 0.0382. The summed E-state index contributed by atoms with van der Waals surface area (Å²) in [7, 11) is -3.31. The van der Waals surface area contributed by atoms with Crippen LogP contribution >= 0.6 is 0 Å². The zero-order valence-corrected chi connectivity index (χ0v) is 21.9. The first-order chi connectivity index (χ1) is 15.9. The number of anilines is 1. The Hall–Kier alpha value is -3.19. The zero-order valence-electron chi connectivity index (χ0n) is 21.1. The summed E-state index contributed by atoms with van der Waals surface area (Å²) in [5, 5.41) is 3.41. The average Bonchev–Trinajstić information content (AvgIpc) is 2.75. The minimum atomic E-state index is -3.31. The normalized spacial score (nSPS) is 13.9. The van der Waals surface area contributed by atoms with Gasteiger partial charge in [0.25, 0.3) is 0 Å². The maximum absolute atomic E-state index is 11.8. The van der Waals surface area contributed by atoms with Crippen LogP contribution in [0.4, 0.5) is 5.69 Å². The van der Waals surface area contributed by atoms with Gasteiger partial charge in [-0.25, -0.2) is 8.42 Å². The number of nitrogens with one attached hydrogen (secondary N) is 1. The summed E-state index contributed by atoms with van der Waals surface area (Å²) < 4.78 is 23.7. The van der Waals surface area contributed by atoms with Crippen LogP contribution in [-0.2, 0) is 14.6 Å². The lowest BCUT2D eigenvalue weighted by Gasteiger charge is -2.12. The number of hydrogen-bond acceptors (Lipinski definition) is 5. The summed E-state index contributed by atoms with van der Waals surface area (Å²) in [4.78, 5) is 15.9. The van der Waals surface area contributed by atoms with Crippen LogP contribution in [0.2, 0.25) is 0 Å². The molecule has 0 unspecified atom stereocenters. The van der Waals surface area contributed by atoms with Crippen molar-refractivity contribution in [1.29, 1.82) is 0 Å². The van der Waals surface area contributed by atoms with E-state index in [2.05, 4.69) is 42.9 Å². The second kappa shape index (κ2) is 13.5. The molecule has 0 heterocycles. The Morgan fingerprint density at radius 2 is 1.88 bits per heavy atom. The van der Waals surface area contributed by atoms with Crippen LogP contribution in [0.3, 0.4) is 0 Å². The Morgan fingerprint density at radius 3 is 2.41 bits per heavy atom. The molecule has 1 aromatic carbocycles. The Morgan fingerprint density at radius 1 is 1.21 bits per heavy atom. The summed E-state index contributed by atoms with van der Waals surface area (Å²) >= 11 is 0. The van der Waals surface area contributed by atoms with Gasteiger partial charge in [-0.2, -0.15) is 0 Å². The Labute approximate surface area is 204 Å². The van der Waals surface area contributed by atoms with Gasteiger partial charge in [-0.3, -0.25) is 9.79 Å². The first-order valence-electron chi connectivity index (χ1n) is 11.1. The standard InChI is InChI=1S/C27H37N3O3S/c1-8-23(20(4)11-13-25(9-2)34(7,32)33)17-26(29-15-14-27(28)31)22(6)18-30-24-12-10-19(3)21(5)16-24/h9-13,15-17,30H,4,8,14,18H2,1-3,5-7H3,(H2,28,31)/b13-11-,23-17+,25-9+,26-22-,29-15?. The second-order valence-corrected chi connectivity index (χ2v) is 10.2. The number of aliphatic imine (C=N–C) groups is 1. The quantitative estimate of drug-likeness (QED) is 0.310. The third kappa shape index (κ3) is 9.75. The largest absolute Gasteiger partial charge is 0.381 e. The number of hydrogen-bond donors (Lipinski definition) is 2. The van der Waals surface area contributed by atoms with Gasteiger partial charge in [0.05, 0.1) is 17.0 Å². The summed E-state index contributed by atoms with van der Waals surface area (Å²) in [6, 6.07) is 6.20. The highest BCUT2D eigenvalue weighted by molar-refractivity contribution is 7.94. The van der Waals surface area contributed by atoms with Crippen LogP contribution in [0.25, 0.3) is 0 Å². The highest BCUT2D eigenvalue weighted by atomic mass is 32.2. The third-order valence-electron chi connectivity index (χ3n) is 5.29. The smallest absolute Gasteiger partial charge is 0.222 e. The molecule has 7 heteroatoms. The molecule has 0 fully saturated rings. The Bertz CT molecular complexity index is 1170. The van der Waals surface area contributed by atoms with E-state index in [0.29, 0.717) is 24.2 Å². The average molecular weight is 484 g/mol. The van der Waals surface area contributed by atoms with E-state index >= 15 is 0 Å². The van der Waals surface area contributed by atoms with Crippen LogP contribution in [0.1, 0.15) is 44.7 Å². The van der Waals surface area contributed by atoms with E-state index in [1.807, 2.05) is 26.0 Å². The molecule has 0 aromatic heterocycles. The van der Waals surface area contributed by atoms with E-state index in [0.717, 1.165) is 16.8 Å². The third-order valence-corrected chi connectivity index (χ3v) is 6.52. The molecule has 0 aliphatic rings. The number of amides is 1. The number of nitrogens with zero attached hydrogens (tertiary/aromatic N) is 1. The molecule has 0 spiro atoms. The summed E-state index contributed by atoms with van der Waals surface area (Å²) in [5.41, 5.74) is 11.9. The Balaban J connectivity index is 3.27. The lowest BCUT2D eigenvalue weighted by Crippen LogP contribution is -2.10. The highest BCUT2D eigenvalue weighted by Gasteiger charge is 2.08. The van der Waals surface area contributed by atoms with Gasteiger partial charge in [0.15, 0.2) is 9.84 Å².